The molecule has 0 saturated carbocycles. The molecule has 2 rings (SSSR count). The molecule has 1 heterocycles. The van der Waals surface area contributed by atoms with E-state index in [-0.39, 0.29) is 6.04 Å². The van der Waals surface area contributed by atoms with E-state index < -0.39 is 0 Å². The van der Waals surface area contributed by atoms with Gasteiger partial charge in [0.15, 0.2) is 0 Å². The number of nitrogens with zero attached hydrogens (tertiary/aromatic N) is 2. The van der Waals surface area contributed by atoms with Crippen LogP contribution >= 0.6 is 0 Å². The van der Waals surface area contributed by atoms with Crippen molar-refractivity contribution < 1.29 is 4.74 Å². The molecule has 1 N–H and O–H groups in total. The number of aryl methyl sites for hydroxylation is 2. The van der Waals surface area contributed by atoms with Gasteiger partial charge >= 0.3 is 0 Å². The van der Waals surface area contributed by atoms with Crippen molar-refractivity contribution in [2.24, 2.45) is 7.05 Å². The van der Waals surface area contributed by atoms with Crippen molar-refractivity contribution in [2.45, 2.75) is 13.0 Å². The molecule has 18 heavy (non-hydrogen) atoms. The Labute approximate surface area is 108 Å². The highest BCUT2D eigenvalue weighted by Gasteiger charge is 2.14. The summed E-state index contributed by atoms with van der Waals surface area (Å²) in [6, 6.07) is 6.40. The molecule has 96 valence electrons. The molecule has 1 aromatic carbocycles. The van der Waals surface area contributed by atoms with E-state index in [0.29, 0.717) is 0 Å². The zero-order chi connectivity index (χ0) is 13.1. The van der Waals surface area contributed by atoms with Crippen LogP contribution in [0.15, 0.2) is 30.6 Å². The van der Waals surface area contributed by atoms with E-state index in [0.717, 1.165) is 16.9 Å². The summed E-state index contributed by atoms with van der Waals surface area (Å²) in [4.78, 5) is 0. The van der Waals surface area contributed by atoms with E-state index in [1.165, 1.54) is 5.56 Å². The fraction of sp³-hybridized carbons (Fsp3) is 0.357. The standard InChI is InChI=1S/C14H19N3O/c1-10-5-6-11(7-13(10)18-4)14(15-2)12-8-16-17(3)9-12/h5-9,14-15H,1-4H3. The Hall–Kier alpha value is -1.81. The number of methoxy groups -OCH3 is 1. The van der Waals surface area contributed by atoms with Crippen molar-refractivity contribution in [2.75, 3.05) is 14.2 Å². The molecule has 0 saturated heterocycles. The monoisotopic (exact) mass is 245 g/mol. The van der Waals surface area contributed by atoms with Gasteiger partial charge in [0.05, 0.1) is 19.3 Å². The average molecular weight is 245 g/mol. The highest BCUT2D eigenvalue weighted by Crippen LogP contribution is 2.26. The molecule has 0 aliphatic carbocycles. The van der Waals surface area contributed by atoms with Crippen LogP contribution in [-0.4, -0.2) is 23.9 Å². The molecule has 0 amide bonds. The smallest absolute Gasteiger partial charge is 0.122 e. The van der Waals surface area contributed by atoms with E-state index in [1.807, 2.05) is 38.1 Å². The average Bonchev–Trinajstić information content (AvgIpc) is 2.79. The zero-order valence-corrected chi connectivity index (χ0v) is 11.3. The van der Waals surface area contributed by atoms with E-state index in [9.17, 15) is 0 Å². The Kier molecular flexibility index (Phi) is 3.67. The number of hydrogen-bond donors (Lipinski definition) is 1. The first-order chi connectivity index (χ1) is 8.65. The highest BCUT2D eigenvalue weighted by atomic mass is 16.5. The van der Waals surface area contributed by atoms with Crippen LogP contribution in [0.5, 0.6) is 5.75 Å². The lowest BCUT2D eigenvalue weighted by atomic mass is 10.00. The van der Waals surface area contributed by atoms with Gasteiger partial charge in [-0.25, -0.2) is 0 Å². The number of rotatable bonds is 4. The van der Waals surface area contributed by atoms with Crippen LogP contribution in [-0.2, 0) is 7.05 Å². The largest absolute Gasteiger partial charge is 0.496 e. The van der Waals surface area contributed by atoms with Crippen LogP contribution in [0.1, 0.15) is 22.7 Å². The van der Waals surface area contributed by atoms with Gasteiger partial charge in [-0.1, -0.05) is 12.1 Å². The van der Waals surface area contributed by atoms with Crippen molar-refractivity contribution in [3.05, 3.63) is 47.3 Å². The van der Waals surface area contributed by atoms with Crippen molar-refractivity contribution in [1.29, 1.82) is 0 Å². The number of nitrogens with one attached hydrogen (secondary N) is 1. The van der Waals surface area contributed by atoms with Gasteiger partial charge in [-0.2, -0.15) is 5.10 Å². The van der Waals surface area contributed by atoms with Crippen molar-refractivity contribution in [3.63, 3.8) is 0 Å². The van der Waals surface area contributed by atoms with Crippen LogP contribution in [0.3, 0.4) is 0 Å². The predicted molar refractivity (Wildman–Crippen MR) is 71.8 cm³/mol. The van der Waals surface area contributed by atoms with Gasteiger partial charge in [-0.3, -0.25) is 4.68 Å². The third kappa shape index (κ3) is 2.38. The predicted octanol–water partition coefficient (Wildman–Crippen LogP) is 2.05. The summed E-state index contributed by atoms with van der Waals surface area (Å²) >= 11 is 0. The Balaban J connectivity index is 2.38. The highest BCUT2D eigenvalue weighted by molar-refractivity contribution is 5.40. The number of aromatic nitrogens is 2. The fourth-order valence-electron chi connectivity index (χ4n) is 2.13. The van der Waals surface area contributed by atoms with Crippen LogP contribution in [0, 0.1) is 6.92 Å². The lowest BCUT2D eigenvalue weighted by Crippen LogP contribution is -2.17. The lowest BCUT2D eigenvalue weighted by Gasteiger charge is -2.16. The quantitative estimate of drug-likeness (QED) is 0.896. The molecule has 0 radical (unpaired) electrons. The molecule has 0 aliphatic rings. The molecule has 0 fully saturated rings. The number of benzene rings is 1. The lowest BCUT2D eigenvalue weighted by molar-refractivity contribution is 0.410. The van der Waals surface area contributed by atoms with Gasteiger partial charge in [0.1, 0.15) is 5.75 Å². The molecule has 1 aromatic heterocycles. The minimum atomic E-state index is 0.133. The summed E-state index contributed by atoms with van der Waals surface area (Å²) in [5, 5.41) is 7.53. The van der Waals surface area contributed by atoms with Crippen LogP contribution in [0.2, 0.25) is 0 Å². The molecule has 2 aromatic rings. The molecule has 4 nitrogen and oxygen atoms in total. The second kappa shape index (κ2) is 5.23. The van der Waals surface area contributed by atoms with Gasteiger partial charge in [0.25, 0.3) is 0 Å². The zero-order valence-electron chi connectivity index (χ0n) is 11.3. The molecule has 1 atom stereocenters. The number of hydrogen-bond acceptors (Lipinski definition) is 3. The summed E-state index contributed by atoms with van der Waals surface area (Å²) in [5.41, 5.74) is 3.46. The third-order valence-electron chi connectivity index (χ3n) is 3.11. The minimum Gasteiger partial charge on any atom is -0.496 e. The number of ether oxygens (including phenoxy) is 1. The first-order valence-electron chi connectivity index (χ1n) is 5.96. The molecular weight excluding hydrogens is 226 g/mol. The van der Waals surface area contributed by atoms with Crippen molar-refractivity contribution in [3.8, 4) is 5.75 Å². The Morgan fingerprint density at radius 1 is 1.33 bits per heavy atom. The second-order valence-electron chi connectivity index (χ2n) is 4.40. The van der Waals surface area contributed by atoms with E-state index in [2.05, 4.69) is 28.6 Å². The SMILES string of the molecule is CNC(c1ccc(C)c(OC)c1)c1cnn(C)c1. The summed E-state index contributed by atoms with van der Waals surface area (Å²) in [7, 11) is 5.57. The molecule has 0 aliphatic heterocycles. The second-order valence-corrected chi connectivity index (χ2v) is 4.40. The maximum absolute atomic E-state index is 5.37. The normalized spacial score (nSPS) is 12.4. The Morgan fingerprint density at radius 3 is 2.67 bits per heavy atom. The first kappa shape index (κ1) is 12.6. The summed E-state index contributed by atoms with van der Waals surface area (Å²) in [5.74, 6) is 0.914. The summed E-state index contributed by atoms with van der Waals surface area (Å²) in [6.07, 6.45) is 3.90. The van der Waals surface area contributed by atoms with E-state index >= 15 is 0 Å². The van der Waals surface area contributed by atoms with Gasteiger partial charge in [-0.05, 0) is 31.2 Å². The molecular formula is C14H19N3O. The molecule has 4 heteroatoms. The fourth-order valence-corrected chi connectivity index (χ4v) is 2.13. The molecule has 1 unspecified atom stereocenters. The van der Waals surface area contributed by atoms with Gasteiger partial charge in [-0.15, -0.1) is 0 Å². The van der Waals surface area contributed by atoms with Gasteiger partial charge < -0.3 is 10.1 Å². The maximum Gasteiger partial charge on any atom is 0.122 e. The van der Waals surface area contributed by atoms with Crippen molar-refractivity contribution >= 4 is 0 Å². The van der Waals surface area contributed by atoms with Crippen molar-refractivity contribution in [1.82, 2.24) is 15.1 Å². The topological polar surface area (TPSA) is 39.1 Å². The van der Waals surface area contributed by atoms with Gasteiger partial charge in [0.2, 0.25) is 0 Å². The Morgan fingerprint density at radius 2 is 2.11 bits per heavy atom. The first-order valence-corrected chi connectivity index (χ1v) is 5.96. The summed E-state index contributed by atoms with van der Waals surface area (Å²) < 4.78 is 7.18. The molecule has 0 spiro atoms. The van der Waals surface area contributed by atoms with Crippen LogP contribution in [0.4, 0.5) is 0 Å². The van der Waals surface area contributed by atoms with E-state index in [1.54, 1.807) is 7.11 Å². The summed E-state index contributed by atoms with van der Waals surface area (Å²) in [6.45, 7) is 2.04. The van der Waals surface area contributed by atoms with E-state index in [4.69, 9.17) is 4.74 Å². The van der Waals surface area contributed by atoms with Gasteiger partial charge in [0, 0.05) is 18.8 Å². The minimum absolute atomic E-state index is 0.133. The maximum atomic E-state index is 5.37. The molecule has 0 bridgehead atoms. The van der Waals surface area contributed by atoms with Crippen LogP contribution in [0.25, 0.3) is 0 Å². The van der Waals surface area contributed by atoms with Crippen LogP contribution < -0.4 is 10.1 Å². The third-order valence-corrected chi connectivity index (χ3v) is 3.11. The Bertz CT molecular complexity index is 534.